The van der Waals surface area contributed by atoms with Crippen molar-refractivity contribution in [1.29, 1.82) is 0 Å². The largest absolute Gasteiger partial charge is 0.347 e. The van der Waals surface area contributed by atoms with Gasteiger partial charge in [0, 0.05) is 6.04 Å². The van der Waals surface area contributed by atoms with Gasteiger partial charge in [-0.3, -0.25) is 9.59 Å². The van der Waals surface area contributed by atoms with E-state index in [1.165, 1.54) is 0 Å². The number of nitrogens with zero attached hydrogens (tertiary/aromatic N) is 2. The zero-order valence-corrected chi connectivity index (χ0v) is 14.7. The summed E-state index contributed by atoms with van der Waals surface area (Å²) in [6, 6.07) is 7.50. The van der Waals surface area contributed by atoms with E-state index in [1.807, 2.05) is 38.1 Å². The number of likely N-dealkylation sites (tertiary alicyclic amines) is 1. The van der Waals surface area contributed by atoms with Crippen LogP contribution in [-0.4, -0.2) is 38.8 Å². The van der Waals surface area contributed by atoms with E-state index in [9.17, 15) is 9.59 Å². The van der Waals surface area contributed by atoms with Crippen LogP contribution in [0, 0.1) is 5.41 Å². The number of aromatic amines is 1. The van der Waals surface area contributed by atoms with Crippen molar-refractivity contribution >= 4 is 22.8 Å². The Labute approximate surface area is 147 Å². The lowest BCUT2D eigenvalue weighted by Gasteiger charge is -2.55. The molecule has 6 nitrogen and oxygen atoms in total. The minimum atomic E-state index is -0.456. The Balaban J connectivity index is 1.49. The number of hydrogen-bond donors (Lipinski definition) is 2. The molecule has 1 spiro atoms. The predicted molar refractivity (Wildman–Crippen MR) is 94.6 cm³/mol. The van der Waals surface area contributed by atoms with Gasteiger partial charge in [0.1, 0.15) is 11.9 Å². The third kappa shape index (κ3) is 2.42. The zero-order valence-electron chi connectivity index (χ0n) is 14.7. The third-order valence-corrected chi connectivity index (χ3v) is 5.63. The Kier molecular flexibility index (Phi) is 3.78. The van der Waals surface area contributed by atoms with E-state index < -0.39 is 5.41 Å². The topological polar surface area (TPSA) is 78.1 Å². The average molecular weight is 340 g/mol. The predicted octanol–water partition coefficient (Wildman–Crippen LogP) is 2.36. The third-order valence-electron chi connectivity index (χ3n) is 5.63. The molecule has 2 aliphatic rings. The Hall–Kier alpha value is -2.37. The SMILES string of the molecule is CC(C)N1C(=O)C2(CCCC2)C1C(=O)NCc1nc2ccccc2[nH]1. The molecule has 25 heavy (non-hydrogen) atoms. The molecule has 6 heteroatoms. The molecule has 1 saturated carbocycles. The van der Waals surface area contributed by atoms with E-state index in [4.69, 9.17) is 0 Å². The highest BCUT2D eigenvalue weighted by Gasteiger charge is 2.64. The molecule has 1 unspecified atom stereocenters. The van der Waals surface area contributed by atoms with Crippen LogP contribution in [0.25, 0.3) is 11.0 Å². The average Bonchev–Trinajstić information content (AvgIpc) is 3.24. The minimum absolute atomic E-state index is 0.0423. The number of H-pyrrole nitrogens is 1. The second-order valence-electron chi connectivity index (χ2n) is 7.49. The summed E-state index contributed by atoms with van der Waals surface area (Å²) in [5, 5.41) is 2.99. The van der Waals surface area contributed by atoms with Crippen LogP contribution in [0.15, 0.2) is 24.3 Å². The summed E-state index contributed by atoms with van der Waals surface area (Å²) in [6.07, 6.45) is 3.73. The number of aromatic nitrogens is 2. The quantitative estimate of drug-likeness (QED) is 0.839. The molecule has 132 valence electrons. The Morgan fingerprint density at radius 2 is 2.08 bits per heavy atom. The maximum Gasteiger partial charge on any atom is 0.244 e. The van der Waals surface area contributed by atoms with Crippen molar-refractivity contribution in [3.05, 3.63) is 30.1 Å². The highest BCUT2D eigenvalue weighted by atomic mass is 16.2. The van der Waals surface area contributed by atoms with Crippen molar-refractivity contribution < 1.29 is 9.59 Å². The van der Waals surface area contributed by atoms with Gasteiger partial charge in [-0.1, -0.05) is 25.0 Å². The number of amides is 2. The number of β-lactam (4-membered cyclic amide) rings is 1. The molecule has 2 heterocycles. The molecule has 1 aromatic carbocycles. The molecule has 4 rings (SSSR count). The Morgan fingerprint density at radius 1 is 1.36 bits per heavy atom. The molecule has 1 aromatic heterocycles. The monoisotopic (exact) mass is 340 g/mol. The second-order valence-corrected chi connectivity index (χ2v) is 7.49. The van der Waals surface area contributed by atoms with E-state index in [2.05, 4.69) is 15.3 Å². The number of benzene rings is 1. The molecule has 0 radical (unpaired) electrons. The first-order valence-electron chi connectivity index (χ1n) is 9.07. The molecular weight excluding hydrogens is 316 g/mol. The first-order valence-corrected chi connectivity index (χ1v) is 9.07. The van der Waals surface area contributed by atoms with Gasteiger partial charge in [-0.15, -0.1) is 0 Å². The molecule has 2 N–H and O–H groups in total. The fraction of sp³-hybridized carbons (Fsp3) is 0.526. The zero-order chi connectivity index (χ0) is 17.6. The van der Waals surface area contributed by atoms with E-state index in [-0.39, 0.29) is 23.9 Å². The second kappa shape index (κ2) is 5.86. The van der Waals surface area contributed by atoms with Gasteiger partial charge in [0.25, 0.3) is 0 Å². The summed E-state index contributed by atoms with van der Waals surface area (Å²) < 4.78 is 0. The summed E-state index contributed by atoms with van der Waals surface area (Å²) >= 11 is 0. The molecule has 1 atom stereocenters. The summed E-state index contributed by atoms with van der Waals surface area (Å²) in [5.74, 6) is 0.830. The minimum Gasteiger partial charge on any atom is -0.347 e. The van der Waals surface area contributed by atoms with Crippen molar-refractivity contribution in [2.24, 2.45) is 5.41 Å². The number of carbonyl (C=O) groups excluding carboxylic acids is 2. The van der Waals surface area contributed by atoms with Gasteiger partial charge >= 0.3 is 0 Å². The van der Waals surface area contributed by atoms with Crippen molar-refractivity contribution in [3.63, 3.8) is 0 Å². The molecule has 2 aromatic rings. The van der Waals surface area contributed by atoms with Crippen LogP contribution >= 0.6 is 0 Å². The number of carbonyl (C=O) groups is 2. The van der Waals surface area contributed by atoms with E-state index >= 15 is 0 Å². The first-order chi connectivity index (χ1) is 12.0. The normalized spacial score (nSPS) is 22.0. The summed E-state index contributed by atoms with van der Waals surface area (Å²) in [4.78, 5) is 35.0. The van der Waals surface area contributed by atoms with Crippen molar-refractivity contribution in [2.45, 2.75) is 58.2 Å². The van der Waals surface area contributed by atoms with Crippen LogP contribution < -0.4 is 5.32 Å². The number of fused-ring (bicyclic) bond motifs is 1. The van der Waals surface area contributed by atoms with Crippen molar-refractivity contribution in [2.75, 3.05) is 0 Å². The lowest BCUT2D eigenvalue weighted by Crippen LogP contribution is -2.74. The molecule has 0 bridgehead atoms. The van der Waals surface area contributed by atoms with Gasteiger partial charge in [-0.2, -0.15) is 0 Å². The molecule has 1 aliphatic carbocycles. The van der Waals surface area contributed by atoms with Gasteiger partial charge in [0.05, 0.1) is 23.0 Å². The molecule has 2 fully saturated rings. The van der Waals surface area contributed by atoms with Gasteiger partial charge in [0.2, 0.25) is 11.8 Å². The molecular formula is C19H24N4O2. The van der Waals surface area contributed by atoms with Gasteiger partial charge in [-0.25, -0.2) is 4.98 Å². The lowest BCUT2D eigenvalue weighted by atomic mass is 9.68. The number of hydrogen-bond acceptors (Lipinski definition) is 3. The fourth-order valence-corrected chi connectivity index (χ4v) is 4.45. The first kappa shape index (κ1) is 16.1. The van der Waals surface area contributed by atoms with Crippen LogP contribution in [0.4, 0.5) is 0 Å². The number of para-hydroxylation sites is 2. The maximum atomic E-state index is 12.9. The number of nitrogens with one attached hydrogen (secondary N) is 2. The number of rotatable bonds is 4. The van der Waals surface area contributed by atoms with E-state index in [1.54, 1.807) is 4.90 Å². The highest BCUT2D eigenvalue weighted by Crippen LogP contribution is 2.52. The smallest absolute Gasteiger partial charge is 0.244 e. The van der Waals surface area contributed by atoms with E-state index in [0.29, 0.717) is 6.54 Å². The van der Waals surface area contributed by atoms with Crippen LogP contribution in [-0.2, 0) is 16.1 Å². The Bertz CT molecular complexity index is 787. The van der Waals surface area contributed by atoms with Gasteiger partial charge in [0.15, 0.2) is 0 Å². The van der Waals surface area contributed by atoms with Gasteiger partial charge < -0.3 is 15.2 Å². The highest BCUT2D eigenvalue weighted by molar-refractivity contribution is 6.02. The van der Waals surface area contributed by atoms with E-state index in [0.717, 1.165) is 42.5 Å². The Morgan fingerprint density at radius 3 is 2.76 bits per heavy atom. The summed E-state index contributed by atoms with van der Waals surface area (Å²) in [7, 11) is 0. The summed E-state index contributed by atoms with van der Waals surface area (Å²) in [5.41, 5.74) is 1.39. The fourth-order valence-electron chi connectivity index (χ4n) is 4.45. The molecule has 1 aliphatic heterocycles. The molecule has 2 amide bonds. The number of imidazole rings is 1. The maximum absolute atomic E-state index is 12.9. The van der Waals surface area contributed by atoms with Crippen LogP contribution in [0.1, 0.15) is 45.4 Å². The van der Waals surface area contributed by atoms with Crippen LogP contribution in [0.2, 0.25) is 0 Å². The summed E-state index contributed by atoms with van der Waals surface area (Å²) in [6.45, 7) is 4.29. The molecule has 1 saturated heterocycles. The van der Waals surface area contributed by atoms with Crippen LogP contribution in [0.3, 0.4) is 0 Å². The van der Waals surface area contributed by atoms with Crippen LogP contribution in [0.5, 0.6) is 0 Å². The van der Waals surface area contributed by atoms with Gasteiger partial charge in [-0.05, 0) is 38.8 Å². The standard InChI is InChI=1S/C19H24N4O2/c1-12(2)23-16(19(18(23)25)9-5-6-10-19)17(24)20-11-15-21-13-7-3-4-8-14(13)22-15/h3-4,7-8,12,16H,5-6,9-11H2,1-2H3,(H,20,24)(H,21,22). The van der Waals surface area contributed by atoms with Crippen molar-refractivity contribution in [3.8, 4) is 0 Å². The van der Waals surface area contributed by atoms with Crippen molar-refractivity contribution in [1.82, 2.24) is 20.2 Å². The lowest BCUT2D eigenvalue weighted by molar-refractivity contribution is -0.181.